The predicted octanol–water partition coefficient (Wildman–Crippen LogP) is 3.57. The van der Waals surface area contributed by atoms with Gasteiger partial charge in [-0.1, -0.05) is 11.6 Å². The average molecular weight is 444 g/mol. The van der Waals surface area contributed by atoms with Crippen molar-refractivity contribution in [3.05, 3.63) is 47.8 Å². The van der Waals surface area contributed by atoms with Crippen molar-refractivity contribution >= 4 is 17.5 Å². The average Bonchev–Trinajstić information content (AvgIpc) is 3.35. The SMILES string of the molecule is Fc1cc(OCCC2CC2C2CCN(c3ncc(Cl)cn3)CC2)ccc1-n1cnnn1. The Balaban J connectivity index is 1.05. The molecule has 10 heteroatoms. The molecule has 5 rings (SSSR count). The summed E-state index contributed by atoms with van der Waals surface area (Å²) in [6, 6.07) is 4.76. The van der Waals surface area contributed by atoms with Crippen LogP contribution in [0.4, 0.5) is 10.3 Å². The summed E-state index contributed by atoms with van der Waals surface area (Å²) in [5.41, 5.74) is 0.301. The molecule has 2 aromatic heterocycles. The Hall–Kier alpha value is -2.81. The molecule has 8 nitrogen and oxygen atoms in total. The van der Waals surface area contributed by atoms with Gasteiger partial charge < -0.3 is 9.64 Å². The van der Waals surface area contributed by atoms with E-state index in [1.165, 1.54) is 23.5 Å². The summed E-state index contributed by atoms with van der Waals surface area (Å²) in [5.74, 6) is 3.11. The number of tetrazole rings is 1. The lowest BCUT2D eigenvalue weighted by molar-refractivity contribution is 0.283. The van der Waals surface area contributed by atoms with E-state index in [0.717, 1.165) is 50.1 Å². The number of ether oxygens (including phenoxy) is 1. The maximum Gasteiger partial charge on any atom is 0.225 e. The van der Waals surface area contributed by atoms with Gasteiger partial charge in [-0.3, -0.25) is 0 Å². The minimum Gasteiger partial charge on any atom is -0.493 e. The quantitative estimate of drug-likeness (QED) is 0.552. The highest BCUT2D eigenvalue weighted by Gasteiger charge is 2.43. The number of aromatic nitrogens is 6. The standard InChI is InChI=1S/C21H23ClFN7O/c22-16-11-24-21(25-12-16)29-6-3-14(4-7-29)18-9-15(18)5-8-31-17-1-2-20(19(23)10-17)30-13-26-27-28-30/h1-2,10-15,18H,3-9H2. The Labute approximate surface area is 184 Å². The Morgan fingerprint density at radius 3 is 2.68 bits per heavy atom. The Morgan fingerprint density at radius 1 is 1.16 bits per heavy atom. The molecule has 0 amide bonds. The third-order valence-electron chi connectivity index (χ3n) is 6.28. The number of hydrogen-bond donors (Lipinski definition) is 0. The molecule has 3 aromatic rings. The number of anilines is 1. The molecular weight excluding hydrogens is 421 g/mol. The van der Waals surface area contributed by atoms with E-state index in [1.807, 2.05) is 0 Å². The molecule has 0 bridgehead atoms. The van der Waals surface area contributed by atoms with Crippen molar-refractivity contribution in [2.75, 3.05) is 24.6 Å². The number of nitrogens with zero attached hydrogens (tertiary/aromatic N) is 7. The third kappa shape index (κ3) is 4.61. The molecule has 1 aliphatic heterocycles. The molecule has 3 heterocycles. The van der Waals surface area contributed by atoms with Crippen molar-refractivity contribution in [2.24, 2.45) is 17.8 Å². The lowest BCUT2D eigenvalue weighted by Crippen LogP contribution is -2.35. The highest BCUT2D eigenvalue weighted by molar-refractivity contribution is 6.30. The number of benzene rings is 1. The summed E-state index contributed by atoms with van der Waals surface area (Å²) in [5, 5.41) is 11.3. The van der Waals surface area contributed by atoms with Gasteiger partial charge in [0, 0.05) is 19.2 Å². The lowest BCUT2D eigenvalue weighted by atomic mass is 9.90. The van der Waals surface area contributed by atoms with Crippen molar-refractivity contribution in [1.29, 1.82) is 0 Å². The molecule has 31 heavy (non-hydrogen) atoms. The van der Waals surface area contributed by atoms with Gasteiger partial charge in [0.1, 0.15) is 17.8 Å². The van der Waals surface area contributed by atoms with Crippen LogP contribution in [0.5, 0.6) is 5.75 Å². The Bertz CT molecular complexity index is 1010. The summed E-state index contributed by atoms with van der Waals surface area (Å²) in [4.78, 5) is 10.9. The summed E-state index contributed by atoms with van der Waals surface area (Å²) in [7, 11) is 0. The molecule has 2 atom stereocenters. The first-order valence-electron chi connectivity index (χ1n) is 10.6. The number of halogens is 2. The van der Waals surface area contributed by atoms with Crippen molar-refractivity contribution < 1.29 is 9.13 Å². The van der Waals surface area contributed by atoms with E-state index < -0.39 is 5.82 Å². The minimum absolute atomic E-state index is 0.301. The van der Waals surface area contributed by atoms with Gasteiger partial charge in [-0.25, -0.2) is 14.4 Å². The second-order valence-electron chi connectivity index (χ2n) is 8.19. The molecule has 1 aliphatic carbocycles. The molecule has 1 saturated heterocycles. The number of piperidine rings is 1. The van der Waals surface area contributed by atoms with E-state index in [1.54, 1.807) is 24.5 Å². The van der Waals surface area contributed by atoms with Crippen molar-refractivity contribution in [3.8, 4) is 11.4 Å². The van der Waals surface area contributed by atoms with Crippen LogP contribution in [-0.4, -0.2) is 49.9 Å². The number of hydrogen-bond acceptors (Lipinski definition) is 7. The third-order valence-corrected chi connectivity index (χ3v) is 6.48. The van der Waals surface area contributed by atoms with Crippen LogP contribution in [-0.2, 0) is 0 Å². The smallest absolute Gasteiger partial charge is 0.225 e. The summed E-state index contributed by atoms with van der Waals surface area (Å²) in [6.07, 6.45) is 9.25. The van der Waals surface area contributed by atoms with E-state index in [0.29, 0.717) is 29.0 Å². The molecule has 2 fully saturated rings. The van der Waals surface area contributed by atoms with Crippen molar-refractivity contribution in [2.45, 2.75) is 25.7 Å². The van der Waals surface area contributed by atoms with Crippen molar-refractivity contribution in [3.63, 3.8) is 0 Å². The lowest BCUT2D eigenvalue weighted by Gasteiger charge is -2.32. The highest BCUT2D eigenvalue weighted by Crippen LogP contribution is 2.49. The van der Waals surface area contributed by atoms with Gasteiger partial charge in [-0.2, -0.15) is 4.68 Å². The summed E-state index contributed by atoms with van der Waals surface area (Å²) >= 11 is 5.88. The zero-order valence-corrected chi connectivity index (χ0v) is 17.7. The van der Waals surface area contributed by atoms with Gasteiger partial charge in [0.25, 0.3) is 0 Å². The molecule has 2 unspecified atom stereocenters. The first kappa shape index (κ1) is 20.1. The van der Waals surface area contributed by atoms with Crippen LogP contribution in [0, 0.1) is 23.6 Å². The van der Waals surface area contributed by atoms with Gasteiger partial charge in [0.2, 0.25) is 5.95 Å². The van der Waals surface area contributed by atoms with E-state index in [2.05, 4.69) is 30.4 Å². The van der Waals surface area contributed by atoms with Crippen LogP contribution >= 0.6 is 11.6 Å². The van der Waals surface area contributed by atoms with E-state index in [-0.39, 0.29) is 0 Å². The van der Waals surface area contributed by atoms with Crippen LogP contribution in [0.15, 0.2) is 36.9 Å². The fraction of sp³-hybridized carbons (Fsp3) is 0.476. The highest BCUT2D eigenvalue weighted by atomic mass is 35.5. The van der Waals surface area contributed by atoms with Crippen LogP contribution in [0.25, 0.3) is 5.69 Å². The maximum atomic E-state index is 14.3. The van der Waals surface area contributed by atoms with Crippen LogP contribution in [0.3, 0.4) is 0 Å². The molecular formula is C21H23ClFN7O. The largest absolute Gasteiger partial charge is 0.493 e. The Morgan fingerprint density at radius 2 is 1.97 bits per heavy atom. The van der Waals surface area contributed by atoms with E-state index >= 15 is 0 Å². The monoisotopic (exact) mass is 443 g/mol. The second kappa shape index (κ2) is 8.74. The van der Waals surface area contributed by atoms with Gasteiger partial charge in [0.05, 0.1) is 24.0 Å². The first-order chi connectivity index (χ1) is 15.2. The summed E-state index contributed by atoms with van der Waals surface area (Å²) < 4.78 is 21.4. The second-order valence-corrected chi connectivity index (χ2v) is 8.63. The molecule has 0 N–H and O–H groups in total. The molecule has 2 aliphatic rings. The Kier molecular flexibility index (Phi) is 5.67. The van der Waals surface area contributed by atoms with E-state index in [4.69, 9.17) is 16.3 Å². The normalized spacial score (nSPS) is 21.3. The number of rotatable bonds is 7. The van der Waals surface area contributed by atoms with Crippen LogP contribution < -0.4 is 9.64 Å². The first-order valence-corrected chi connectivity index (χ1v) is 10.9. The fourth-order valence-corrected chi connectivity index (χ4v) is 4.64. The zero-order chi connectivity index (χ0) is 21.2. The zero-order valence-electron chi connectivity index (χ0n) is 16.9. The van der Waals surface area contributed by atoms with E-state index in [9.17, 15) is 4.39 Å². The molecule has 0 radical (unpaired) electrons. The maximum absolute atomic E-state index is 14.3. The van der Waals surface area contributed by atoms with Gasteiger partial charge in [-0.05, 0) is 66.0 Å². The minimum atomic E-state index is -0.412. The molecule has 1 aromatic carbocycles. The van der Waals surface area contributed by atoms with Gasteiger partial charge in [0.15, 0.2) is 5.82 Å². The fourth-order valence-electron chi connectivity index (χ4n) is 4.54. The summed E-state index contributed by atoms with van der Waals surface area (Å²) in [6.45, 7) is 2.57. The van der Waals surface area contributed by atoms with Crippen LogP contribution in [0.2, 0.25) is 5.02 Å². The molecule has 0 spiro atoms. The van der Waals surface area contributed by atoms with Gasteiger partial charge in [-0.15, -0.1) is 5.10 Å². The molecule has 162 valence electrons. The molecule has 1 saturated carbocycles. The van der Waals surface area contributed by atoms with Crippen molar-refractivity contribution in [1.82, 2.24) is 30.2 Å². The van der Waals surface area contributed by atoms with Gasteiger partial charge >= 0.3 is 0 Å². The topological polar surface area (TPSA) is 81.9 Å². The van der Waals surface area contributed by atoms with Crippen LogP contribution in [0.1, 0.15) is 25.7 Å². The predicted molar refractivity (Wildman–Crippen MR) is 113 cm³/mol.